The lowest BCUT2D eigenvalue weighted by Gasteiger charge is -2.34. The van der Waals surface area contributed by atoms with Gasteiger partial charge in [0, 0.05) is 25.3 Å². The van der Waals surface area contributed by atoms with Crippen LogP contribution >= 0.6 is 11.6 Å². The SMILES string of the molecule is CC(C)NCc1cc(N2CCOCC2C)ncc1Cl. The number of hydrogen-bond acceptors (Lipinski definition) is 4. The fourth-order valence-corrected chi connectivity index (χ4v) is 2.31. The summed E-state index contributed by atoms with van der Waals surface area (Å²) >= 11 is 6.21. The Bertz CT molecular complexity index is 425. The van der Waals surface area contributed by atoms with E-state index >= 15 is 0 Å². The Labute approximate surface area is 120 Å². The number of aromatic nitrogens is 1. The zero-order chi connectivity index (χ0) is 13.8. The van der Waals surface area contributed by atoms with Crippen LogP contribution in [0.1, 0.15) is 26.3 Å². The molecule has 1 aromatic rings. The highest BCUT2D eigenvalue weighted by Gasteiger charge is 2.20. The fraction of sp³-hybridized carbons (Fsp3) is 0.643. The van der Waals surface area contributed by atoms with Crippen LogP contribution < -0.4 is 10.2 Å². The highest BCUT2D eigenvalue weighted by molar-refractivity contribution is 6.31. The molecule has 0 radical (unpaired) electrons. The molecule has 0 aromatic carbocycles. The van der Waals surface area contributed by atoms with Crippen LogP contribution in [0.15, 0.2) is 12.3 Å². The molecule has 19 heavy (non-hydrogen) atoms. The molecular weight excluding hydrogens is 262 g/mol. The van der Waals surface area contributed by atoms with E-state index in [0.29, 0.717) is 12.1 Å². The second kappa shape index (κ2) is 6.55. The third-order valence-electron chi connectivity index (χ3n) is 3.28. The Kier molecular flexibility index (Phi) is 5.02. The summed E-state index contributed by atoms with van der Waals surface area (Å²) in [7, 11) is 0. The van der Waals surface area contributed by atoms with Crippen molar-refractivity contribution in [1.29, 1.82) is 0 Å². The van der Waals surface area contributed by atoms with Gasteiger partial charge in [0.05, 0.1) is 24.3 Å². The summed E-state index contributed by atoms with van der Waals surface area (Å²) < 4.78 is 5.46. The molecular formula is C14H22ClN3O. The average Bonchev–Trinajstić information content (AvgIpc) is 2.38. The van der Waals surface area contributed by atoms with Crippen molar-refractivity contribution in [1.82, 2.24) is 10.3 Å². The zero-order valence-corrected chi connectivity index (χ0v) is 12.6. The van der Waals surface area contributed by atoms with Gasteiger partial charge in [-0.2, -0.15) is 0 Å². The van der Waals surface area contributed by atoms with Gasteiger partial charge in [-0.3, -0.25) is 0 Å². The zero-order valence-electron chi connectivity index (χ0n) is 11.8. The van der Waals surface area contributed by atoms with Gasteiger partial charge in [-0.15, -0.1) is 0 Å². The Morgan fingerprint density at radius 2 is 2.37 bits per heavy atom. The van der Waals surface area contributed by atoms with Crippen molar-refractivity contribution < 1.29 is 4.74 Å². The van der Waals surface area contributed by atoms with Crippen LogP contribution in [-0.4, -0.2) is 36.8 Å². The lowest BCUT2D eigenvalue weighted by Crippen LogP contribution is -2.44. The van der Waals surface area contributed by atoms with Crippen molar-refractivity contribution in [3.63, 3.8) is 0 Å². The van der Waals surface area contributed by atoms with Crippen LogP contribution in [0.5, 0.6) is 0 Å². The van der Waals surface area contributed by atoms with E-state index < -0.39 is 0 Å². The molecule has 1 N–H and O–H groups in total. The third-order valence-corrected chi connectivity index (χ3v) is 3.62. The van der Waals surface area contributed by atoms with Gasteiger partial charge in [0.1, 0.15) is 5.82 Å². The molecule has 4 nitrogen and oxygen atoms in total. The monoisotopic (exact) mass is 283 g/mol. The Morgan fingerprint density at radius 3 is 3.05 bits per heavy atom. The molecule has 1 unspecified atom stereocenters. The van der Waals surface area contributed by atoms with E-state index in [4.69, 9.17) is 16.3 Å². The molecule has 2 rings (SSSR count). The molecule has 1 aliphatic heterocycles. The first-order chi connectivity index (χ1) is 9.08. The van der Waals surface area contributed by atoms with Crippen LogP contribution in [-0.2, 0) is 11.3 Å². The summed E-state index contributed by atoms with van der Waals surface area (Å²) in [5.41, 5.74) is 1.10. The maximum absolute atomic E-state index is 6.21. The first-order valence-corrected chi connectivity index (χ1v) is 7.18. The fourth-order valence-electron chi connectivity index (χ4n) is 2.14. The second-order valence-corrected chi connectivity index (χ2v) is 5.69. The molecule has 1 saturated heterocycles. The van der Waals surface area contributed by atoms with Crippen molar-refractivity contribution >= 4 is 17.4 Å². The smallest absolute Gasteiger partial charge is 0.129 e. The molecule has 1 fully saturated rings. The first-order valence-electron chi connectivity index (χ1n) is 6.80. The maximum atomic E-state index is 6.21. The predicted molar refractivity (Wildman–Crippen MR) is 78.8 cm³/mol. The molecule has 1 atom stereocenters. The van der Waals surface area contributed by atoms with Crippen molar-refractivity contribution in [3.05, 3.63) is 22.8 Å². The van der Waals surface area contributed by atoms with E-state index in [0.717, 1.165) is 42.7 Å². The Morgan fingerprint density at radius 1 is 1.58 bits per heavy atom. The molecule has 5 heteroatoms. The van der Waals surface area contributed by atoms with Gasteiger partial charge in [0.15, 0.2) is 0 Å². The minimum Gasteiger partial charge on any atom is -0.377 e. The van der Waals surface area contributed by atoms with E-state index in [9.17, 15) is 0 Å². The molecule has 0 aliphatic carbocycles. The minimum atomic E-state index is 0.355. The number of morpholine rings is 1. The number of halogens is 1. The largest absolute Gasteiger partial charge is 0.377 e. The van der Waals surface area contributed by atoms with Crippen LogP contribution in [0.2, 0.25) is 5.02 Å². The number of nitrogens with one attached hydrogen (secondary N) is 1. The predicted octanol–water partition coefficient (Wildman–Crippen LogP) is 2.46. The van der Waals surface area contributed by atoms with Gasteiger partial charge in [-0.1, -0.05) is 25.4 Å². The van der Waals surface area contributed by atoms with Gasteiger partial charge in [0.2, 0.25) is 0 Å². The average molecular weight is 284 g/mol. The number of ether oxygens (including phenoxy) is 1. The number of anilines is 1. The minimum absolute atomic E-state index is 0.355. The van der Waals surface area contributed by atoms with Crippen molar-refractivity contribution in [3.8, 4) is 0 Å². The highest BCUT2D eigenvalue weighted by atomic mass is 35.5. The molecule has 0 saturated carbocycles. The number of pyridine rings is 1. The molecule has 0 amide bonds. The van der Waals surface area contributed by atoms with Crippen molar-refractivity contribution in [2.75, 3.05) is 24.7 Å². The summed E-state index contributed by atoms with van der Waals surface area (Å²) in [5.74, 6) is 0.987. The highest BCUT2D eigenvalue weighted by Crippen LogP contribution is 2.23. The Balaban J connectivity index is 2.15. The van der Waals surface area contributed by atoms with Crippen LogP contribution in [0.4, 0.5) is 5.82 Å². The molecule has 1 aliphatic rings. The van der Waals surface area contributed by atoms with E-state index in [2.05, 4.69) is 42.0 Å². The maximum Gasteiger partial charge on any atom is 0.129 e. The van der Waals surface area contributed by atoms with E-state index in [1.807, 2.05) is 0 Å². The van der Waals surface area contributed by atoms with E-state index in [1.165, 1.54) is 0 Å². The van der Waals surface area contributed by atoms with Crippen LogP contribution in [0.3, 0.4) is 0 Å². The third kappa shape index (κ3) is 3.81. The van der Waals surface area contributed by atoms with Gasteiger partial charge < -0.3 is 15.0 Å². The van der Waals surface area contributed by atoms with Crippen molar-refractivity contribution in [2.24, 2.45) is 0 Å². The Hall–Kier alpha value is -0.840. The summed E-state index contributed by atoms with van der Waals surface area (Å²) in [6.07, 6.45) is 1.75. The topological polar surface area (TPSA) is 37.4 Å². The summed E-state index contributed by atoms with van der Waals surface area (Å²) in [6.45, 7) is 9.57. The van der Waals surface area contributed by atoms with Gasteiger partial charge in [-0.25, -0.2) is 4.98 Å². The molecule has 0 spiro atoms. The van der Waals surface area contributed by atoms with Crippen LogP contribution in [0.25, 0.3) is 0 Å². The molecule has 106 valence electrons. The van der Waals surface area contributed by atoms with E-state index in [-0.39, 0.29) is 0 Å². The first kappa shape index (κ1) is 14.6. The van der Waals surface area contributed by atoms with Gasteiger partial charge in [0.25, 0.3) is 0 Å². The number of nitrogens with zero attached hydrogens (tertiary/aromatic N) is 2. The van der Waals surface area contributed by atoms with E-state index in [1.54, 1.807) is 6.20 Å². The normalized spacial score (nSPS) is 20.1. The summed E-state index contributed by atoms with van der Waals surface area (Å²) in [4.78, 5) is 6.73. The molecule has 1 aromatic heterocycles. The lowest BCUT2D eigenvalue weighted by atomic mass is 10.2. The quantitative estimate of drug-likeness (QED) is 0.921. The van der Waals surface area contributed by atoms with Crippen molar-refractivity contribution in [2.45, 2.75) is 39.4 Å². The number of rotatable bonds is 4. The second-order valence-electron chi connectivity index (χ2n) is 5.29. The molecule has 0 bridgehead atoms. The standard InChI is InChI=1S/C14H22ClN3O/c1-10(2)16-7-12-6-14(17-8-13(12)15)18-4-5-19-9-11(18)3/h6,8,10-11,16H,4-5,7,9H2,1-3H3. The number of hydrogen-bond donors (Lipinski definition) is 1. The van der Waals surface area contributed by atoms with Gasteiger partial charge in [-0.05, 0) is 18.6 Å². The van der Waals surface area contributed by atoms with Gasteiger partial charge >= 0.3 is 0 Å². The van der Waals surface area contributed by atoms with Crippen LogP contribution in [0, 0.1) is 0 Å². The molecule has 2 heterocycles. The lowest BCUT2D eigenvalue weighted by molar-refractivity contribution is 0.0985. The summed E-state index contributed by atoms with van der Waals surface area (Å²) in [6, 6.07) is 2.88. The summed E-state index contributed by atoms with van der Waals surface area (Å²) in [5, 5.41) is 4.11.